The molecule has 2 N–H and O–H groups in total. The lowest BCUT2D eigenvalue weighted by Gasteiger charge is -2.22. The van der Waals surface area contributed by atoms with Crippen LogP contribution < -0.4 is 10.6 Å². The lowest BCUT2D eigenvalue weighted by atomic mass is 9.95. The minimum absolute atomic E-state index is 0.108. The average molecular weight is 428 g/mol. The summed E-state index contributed by atoms with van der Waals surface area (Å²) < 4.78 is 0. The molecule has 0 aliphatic heterocycles. The van der Waals surface area contributed by atoms with Crippen LogP contribution in [0.5, 0.6) is 0 Å². The van der Waals surface area contributed by atoms with Crippen molar-refractivity contribution in [2.45, 2.75) is 26.8 Å². The summed E-state index contributed by atoms with van der Waals surface area (Å²) >= 11 is 1.61. The summed E-state index contributed by atoms with van der Waals surface area (Å²) in [5, 5.41) is 7.60. The van der Waals surface area contributed by atoms with Gasteiger partial charge in [-0.05, 0) is 56.2 Å². The van der Waals surface area contributed by atoms with E-state index in [0.717, 1.165) is 21.9 Å². The minimum atomic E-state index is -0.147. The van der Waals surface area contributed by atoms with Crippen molar-refractivity contribution < 1.29 is 4.79 Å². The van der Waals surface area contributed by atoms with Gasteiger partial charge in [0.05, 0.1) is 6.04 Å². The van der Waals surface area contributed by atoms with Gasteiger partial charge in [-0.15, -0.1) is 11.3 Å². The van der Waals surface area contributed by atoms with E-state index in [2.05, 4.69) is 60.7 Å². The van der Waals surface area contributed by atoms with Gasteiger partial charge in [-0.3, -0.25) is 4.79 Å². The molecule has 2 aromatic carbocycles. The zero-order valence-electron chi connectivity index (χ0n) is 17.8. The van der Waals surface area contributed by atoms with E-state index in [1.807, 2.05) is 48.5 Å². The van der Waals surface area contributed by atoms with E-state index < -0.39 is 0 Å². The molecule has 2 heterocycles. The zero-order valence-corrected chi connectivity index (χ0v) is 18.7. The van der Waals surface area contributed by atoms with Crippen LogP contribution in [0.25, 0.3) is 0 Å². The number of rotatable bonds is 6. The van der Waals surface area contributed by atoms with Gasteiger partial charge in [0.2, 0.25) is 0 Å². The molecule has 4 nitrogen and oxygen atoms in total. The molecule has 156 valence electrons. The third-order valence-electron chi connectivity index (χ3n) is 5.35. The van der Waals surface area contributed by atoms with Crippen molar-refractivity contribution in [3.8, 4) is 0 Å². The Morgan fingerprint density at radius 3 is 2.29 bits per heavy atom. The Balaban J connectivity index is 1.77. The van der Waals surface area contributed by atoms with E-state index in [1.165, 1.54) is 16.0 Å². The number of carbonyl (C=O) groups is 1. The van der Waals surface area contributed by atoms with Crippen LogP contribution in [0, 0.1) is 20.8 Å². The highest BCUT2D eigenvalue weighted by atomic mass is 32.1. The third kappa shape index (κ3) is 4.67. The molecule has 0 saturated carbocycles. The molecule has 0 saturated heterocycles. The van der Waals surface area contributed by atoms with Crippen LogP contribution in [0.4, 0.5) is 10.8 Å². The fourth-order valence-corrected chi connectivity index (χ4v) is 4.62. The van der Waals surface area contributed by atoms with Gasteiger partial charge in [0, 0.05) is 22.2 Å². The Morgan fingerprint density at radius 1 is 0.903 bits per heavy atom. The van der Waals surface area contributed by atoms with Crippen molar-refractivity contribution in [3.05, 3.63) is 112 Å². The van der Waals surface area contributed by atoms with E-state index in [9.17, 15) is 4.79 Å². The zero-order chi connectivity index (χ0) is 21.8. The third-order valence-corrected chi connectivity index (χ3v) is 6.49. The van der Waals surface area contributed by atoms with E-state index in [1.54, 1.807) is 17.5 Å². The second kappa shape index (κ2) is 9.14. The van der Waals surface area contributed by atoms with Gasteiger partial charge in [-0.2, -0.15) is 0 Å². The van der Waals surface area contributed by atoms with Gasteiger partial charge < -0.3 is 10.6 Å². The Kier molecular flexibility index (Phi) is 6.14. The number of anilines is 2. The Labute approximate surface area is 187 Å². The first kappa shape index (κ1) is 20.8. The first-order chi connectivity index (χ1) is 15.0. The van der Waals surface area contributed by atoms with Gasteiger partial charge >= 0.3 is 0 Å². The Hall–Kier alpha value is -3.44. The van der Waals surface area contributed by atoms with Crippen LogP contribution in [0.2, 0.25) is 0 Å². The molecule has 5 heteroatoms. The van der Waals surface area contributed by atoms with E-state index in [4.69, 9.17) is 0 Å². The molecule has 4 aromatic rings. The van der Waals surface area contributed by atoms with Gasteiger partial charge in [-0.1, -0.05) is 54.1 Å². The molecule has 1 atom stereocenters. The van der Waals surface area contributed by atoms with Gasteiger partial charge in [-0.25, -0.2) is 4.98 Å². The summed E-state index contributed by atoms with van der Waals surface area (Å²) in [4.78, 5) is 18.6. The summed E-state index contributed by atoms with van der Waals surface area (Å²) in [6, 6.07) is 23.5. The number of pyridine rings is 1. The highest BCUT2D eigenvalue weighted by Gasteiger charge is 2.25. The molecule has 0 radical (unpaired) electrons. The SMILES string of the molecule is Cc1ccc([C@@H](Nc2ccccn2)c2c(NC(=O)c3ccccc3)sc(C)c2C)cc1. The fourth-order valence-electron chi connectivity index (χ4n) is 3.53. The number of carbonyl (C=O) groups excluding carboxylic acids is 1. The minimum Gasteiger partial charge on any atom is -0.359 e. The van der Waals surface area contributed by atoms with Crippen molar-refractivity contribution in [1.29, 1.82) is 0 Å². The number of thiophene rings is 1. The van der Waals surface area contributed by atoms with E-state index >= 15 is 0 Å². The van der Waals surface area contributed by atoms with Gasteiger partial charge in [0.15, 0.2) is 0 Å². The molecule has 31 heavy (non-hydrogen) atoms. The fraction of sp³-hybridized carbons (Fsp3) is 0.154. The molecule has 0 aliphatic rings. The molecule has 2 aromatic heterocycles. The van der Waals surface area contributed by atoms with Crippen molar-refractivity contribution in [1.82, 2.24) is 4.98 Å². The average Bonchev–Trinajstić information content (AvgIpc) is 3.07. The van der Waals surface area contributed by atoms with Crippen molar-refractivity contribution in [2.75, 3.05) is 10.6 Å². The molecular weight excluding hydrogens is 402 g/mol. The van der Waals surface area contributed by atoms with E-state index in [-0.39, 0.29) is 11.9 Å². The van der Waals surface area contributed by atoms with Crippen molar-refractivity contribution in [2.24, 2.45) is 0 Å². The van der Waals surface area contributed by atoms with E-state index in [0.29, 0.717) is 5.56 Å². The molecule has 1 amide bonds. The molecule has 4 rings (SSSR count). The second-order valence-electron chi connectivity index (χ2n) is 7.55. The van der Waals surface area contributed by atoms with Crippen molar-refractivity contribution >= 4 is 28.1 Å². The quantitative estimate of drug-likeness (QED) is 0.368. The normalized spacial score (nSPS) is 11.7. The van der Waals surface area contributed by atoms with Crippen molar-refractivity contribution in [3.63, 3.8) is 0 Å². The van der Waals surface area contributed by atoms with Gasteiger partial charge in [0.25, 0.3) is 5.91 Å². The van der Waals surface area contributed by atoms with Crippen LogP contribution in [-0.2, 0) is 0 Å². The molecule has 0 aliphatic carbocycles. The number of hydrogen-bond acceptors (Lipinski definition) is 4. The number of hydrogen-bond donors (Lipinski definition) is 2. The predicted molar refractivity (Wildman–Crippen MR) is 129 cm³/mol. The topological polar surface area (TPSA) is 54.0 Å². The Bertz CT molecular complexity index is 1170. The molecule has 0 spiro atoms. The first-order valence-corrected chi connectivity index (χ1v) is 11.0. The van der Waals surface area contributed by atoms with Crippen LogP contribution in [0.3, 0.4) is 0 Å². The summed E-state index contributed by atoms with van der Waals surface area (Å²) in [6.45, 7) is 6.28. The highest BCUT2D eigenvalue weighted by molar-refractivity contribution is 7.16. The summed E-state index contributed by atoms with van der Waals surface area (Å²) in [7, 11) is 0. The predicted octanol–water partition coefficient (Wildman–Crippen LogP) is 6.52. The second-order valence-corrected chi connectivity index (χ2v) is 8.77. The lowest BCUT2D eigenvalue weighted by molar-refractivity contribution is 0.102. The van der Waals surface area contributed by atoms with Crippen LogP contribution in [-0.4, -0.2) is 10.9 Å². The summed E-state index contributed by atoms with van der Waals surface area (Å²) in [5.74, 6) is 0.681. The summed E-state index contributed by atoms with van der Waals surface area (Å²) in [6.07, 6.45) is 1.78. The largest absolute Gasteiger partial charge is 0.359 e. The lowest BCUT2D eigenvalue weighted by Crippen LogP contribution is -2.18. The molecule has 0 unspecified atom stereocenters. The van der Waals surface area contributed by atoms with Crippen LogP contribution >= 0.6 is 11.3 Å². The smallest absolute Gasteiger partial charge is 0.256 e. The Morgan fingerprint density at radius 2 is 1.61 bits per heavy atom. The number of nitrogens with zero attached hydrogens (tertiary/aromatic N) is 1. The number of aryl methyl sites for hydroxylation is 2. The maximum absolute atomic E-state index is 12.9. The standard InChI is InChI=1S/C26H25N3OS/c1-17-12-14-20(15-13-17)24(28-22-11-7-8-16-27-22)23-18(2)19(3)31-26(23)29-25(30)21-9-5-4-6-10-21/h4-16,24H,1-3H3,(H,27,28)(H,29,30)/t24-/m1/s1. The number of nitrogens with one attached hydrogen (secondary N) is 2. The van der Waals surface area contributed by atoms with Crippen LogP contribution in [0.15, 0.2) is 79.0 Å². The molecule has 0 fully saturated rings. The number of amides is 1. The van der Waals surface area contributed by atoms with Gasteiger partial charge in [0.1, 0.15) is 10.8 Å². The van der Waals surface area contributed by atoms with Crippen LogP contribution in [0.1, 0.15) is 43.5 Å². The monoisotopic (exact) mass is 427 g/mol. The molecular formula is C26H25N3OS. The molecule has 0 bridgehead atoms. The maximum atomic E-state index is 12.9. The maximum Gasteiger partial charge on any atom is 0.256 e. The first-order valence-electron chi connectivity index (χ1n) is 10.2. The number of benzene rings is 2. The highest BCUT2D eigenvalue weighted by Crippen LogP contribution is 2.41. The number of aromatic nitrogens is 1. The summed E-state index contributed by atoms with van der Waals surface area (Å²) in [5.41, 5.74) is 5.20.